The van der Waals surface area contributed by atoms with Crippen molar-refractivity contribution in [3.63, 3.8) is 0 Å². The molecule has 3 heterocycles. The number of aryl methyl sites for hydroxylation is 1. The number of rotatable bonds is 6. The normalized spacial score (nSPS) is 15.5. The highest BCUT2D eigenvalue weighted by Gasteiger charge is 2.35. The van der Waals surface area contributed by atoms with Crippen LogP contribution in [0, 0.1) is 5.41 Å². The van der Waals surface area contributed by atoms with E-state index >= 15 is 0 Å². The molecule has 0 spiro atoms. The van der Waals surface area contributed by atoms with E-state index in [4.69, 9.17) is 10.1 Å². The Bertz CT molecular complexity index is 1190. The number of benzene rings is 1. The van der Waals surface area contributed by atoms with Crippen molar-refractivity contribution in [3.05, 3.63) is 76.4 Å². The van der Waals surface area contributed by atoms with Crippen molar-refractivity contribution in [2.45, 2.75) is 38.4 Å². The maximum atomic E-state index is 13.2. The molecule has 0 bridgehead atoms. The van der Waals surface area contributed by atoms with Gasteiger partial charge in [0.2, 0.25) is 5.62 Å². The highest BCUT2D eigenvalue weighted by atomic mass is 16.5. The first-order valence-electron chi connectivity index (χ1n) is 10.2. The predicted octanol–water partition coefficient (Wildman–Crippen LogP) is 2.79. The Hall–Kier alpha value is -3.35. The number of pyridine rings is 1. The maximum absolute atomic E-state index is 13.2. The number of fused-ring (bicyclic) bond motifs is 1. The molecule has 1 aliphatic carbocycles. The van der Waals surface area contributed by atoms with Gasteiger partial charge in [-0.2, -0.15) is 0 Å². The van der Waals surface area contributed by atoms with Crippen molar-refractivity contribution in [1.82, 2.24) is 19.0 Å². The second-order valence-electron chi connectivity index (χ2n) is 8.19. The van der Waals surface area contributed by atoms with E-state index in [0.717, 1.165) is 22.6 Å². The molecule has 0 saturated heterocycles. The summed E-state index contributed by atoms with van der Waals surface area (Å²) in [6.45, 7) is 1.69. The summed E-state index contributed by atoms with van der Waals surface area (Å²) in [5, 5.41) is 8.19. The summed E-state index contributed by atoms with van der Waals surface area (Å²) >= 11 is 0. The fourth-order valence-electron chi connectivity index (χ4n) is 4.25. The lowest BCUT2D eigenvalue weighted by Crippen LogP contribution is -2.24. The summed E-state index contributed by atoms with van der Waals surface area (Å²) < 4.78 is 8.97. The van der Waals surface area contributed by atoms with Gasteiger partial charge in [-0.25, -0.2) is 0 Å². The predicted molar refractivity (Wildman–Crippen MR) is 111 cm³/mol. The van der Waals surface area contributed by atoms with Gasteiger partial charge in [-0.15, -0.1) is 0 Å². The molecule has 7 nitrogen and oxygen atoms in total. The second-order valence-corrected chi connectivity index (χ2v) is 8.19. The highest BCUT2D eigenvalue weighted by Crippen LogP contribution is 2.45. The lowest BCUT2D eigenvalue weighted by atomic mass is 9.96. The molecular formula is C23H25N5O2. The summed E-state index contributed by atoms with van der Waals surface area (Å²) in [4.78, 5) is 19.5. The molecule has 0 radical (unpaired) electrons. The van der Waals surface area contributed by atoms with Crippen LogP contribution in [0.3, 0.4) is 0 Å². The van der Waals surface area contributed by atoms with Crippen molar-refractivity contribution in [3.8, 4) is 5.75 Å². The first-order valence-corrected chi connectivity index (χ1v) is 10.2. The summed E-state index contributed by atoms with van der Waals surface area (Å²) in [5.74, 6) is 1.36. The van der Waals surface area contributed by atoms with Crippen LogP contribution in [0.1, 0.15) is 51.5 Å². The van der Waals surface area contributed by atoms with Gasteiger partial charge in [0.05, 0.1) is 25.9 Å². The molecular weight excluding hydrogens is 378 g/mol. The number of methoxy groups -OCH3 is 1. The van der Waals surface area contributed by atoms with E-state index < -0.39 is 0 Å². The molecule has 5 rings (SSSR count). The van der Waals surface area contributed by atoms with Gasteiger partial charge in [0.15, 0.2) is 0 Å². The van der Waals surface area contributed by atoms with Gasteiger partial charge in [0.1, 0.15) is 5.75 Å². The summed E-state index contributed by atoms with van der Waals surface area (Å²) in [6.07, 6.45) is 7.87. The Morgan fingerprint density at radius 3 is 2.73 bits per heavy atom. The molecule has 0 unspecified atom stereocenters. The maximum Gasteiger partial charge on any atom is 0.254 e. The lowest BCUT2D eigenvalue weighted by molar-refractivity contribution is 0.0764. The zero-order chi connectivity index (χ0) is 20.8. The van der Waals surface area contributed by atoms with Crippen molar-refractivity contribution < 1.29 is 9.53 Å². The molecule has 30 heavy (non-hydrogen) atoms. The molecule has 2 aromatic heterocycles. The third-order valence-corrected chi connectivity index (χ3v) is 6.03. The minimum absolute atomic E-state index is 0.0579. The lowest BCUT2D eigenvalue weighted by Gasteiger charge is -2.15. The number of nitrogens with zero attached hydrogens (tertiary/aromatic N) is 4. The van der Waals surface area contributed by atoms with E-state index in [1.165, 1.54) is 24.0 Å². The van der Waals surface area contributed by atoms with Crippen LogP contribution in [0.4, 0.5) is 0 Å². The molecule has 1 fully saturated rings. The van der Waals surface area contributed by atoms with Crippen molar-refractivity contribution in [2.75, 3.05) is 7.11 Å². The SMILES string of the molecule is COc1ccnc(CN2Cc3c(cc(Cn4ccn(C)c4=N)cc3C3CC3)C2=O)c1. The number of carbonyl (C=O) groups is 1. The zero-order valence-electron chi connectivity index (χ0n) is 17.3. The molecule has 1 aliphatic heterocycles. The van der Waals surface area contributed by atoms with E-state index in [1.54, 1.807) is 17.9 Å². The Labute approximate surface area is 175 Å². The standard InChI is InChI=1S/C23H25N5O2/c1-26-7-8-27(23(26)24)12-15-9-19(16-3-4-16)21-14-28(22(29)20(21)10-15)13-17-11-18(30-2)5-6-25-17/h5-11,16,24H,3-4,12-14H2,1-2H3. The van der Waals surface area contributed by atoms with Gasteiger partial charge in [0, 0.05) is 43.8 Å². The van der Waals surface area contributed by atoms with Crippen LogP contribution in [-0.4, -0.2) is 32.0 Å². The molecule has 2 aliphatic rings. The van der Waals surface area contributed by atoms with Crippen LogP contribution in [-0.2, 0) is 26.7 Å². The molecule has 0 atom stereocenters. The van der Waals surface area contributed by atoms with E-state index in [2.05, 4.69) is 11.1 Å². The van der Waals surface area contributed by atoms with E-state index in [-0.39, 0.29) is 5.91 Å². The third kappa shape index (κ3) is 3.30. The molecule has 154 valence electrons. The van der Waals surface area contributed by atoms with Gasteiger partial charge in [0.25, 0.3) is 5.91 Å². The Balaban J connectivity index is 1.46. The summed E-state index contributed by atoms with van der Waals surface area (Å²) in [7, 11) is 3.50. The van der Waals surface area contributed by atoms with Crippen LogP contribution in [0.2, 0.25) is 0 Å². The first kappa shape index (κ1) is 18.7. The average Bonchev–Trinajstić information content (AvgIpc) is 3.50. The monoisotopic (exact) mass is 403 g/mol. The van der Waals surface area contributed by atoms with E-state index in [0.29, 0.717) is 31.2 Å². The fraction of sp³-hybridized carbons (Fsp3) is 0.348. The zero-order valence-corrected chi connectivity index (χ0v) is 17.3. The van der Waals surface area contributed by atoms with Crippen LogP contribution in [0.25, 0.3) is 0 Å². The summed E-state index contributed by atoms with van der Waals surface area (Å²) in [6, 6.07) is 7.95. The highest BCUT2D eigenvalue weighted by molar-refractivity contribution is 5.99. The minimum atomic E-state index is 0.0579. The van der Waals surface area contributed by atoms with Crippen LogP contribution >= 0.6 is 0 Å². The molecule has 1 N–H and O–H groups in total. The number of imidazole rings is 1. The first-order chi connectivity index (χ1) is 14.5. The number of carbonyl (C=O) groups excluding carboxylic acids is 1. The second kappa shape index (κ2) is 7.16. The largest absolute Gasteiger partial charge is 0.497 e. The quantitative estimate of drug-likeness (QED) is 0.688. The number of ether oxygens (including phenoxy) is 1. The number of aromatic nitrogens is 3. The molecule has 7 heteroatoms. The third-order valence-electron chi connectivity index (χ3n) is 6.03. The Morgan fingerprint density at radius 1 is 1.20 bits per heavy atom. The van der Waals surface area contributed by atoms with Gasteiger partial charge < -0.3 is 18.8 Å². The number of hydrogen-bond donors (Lipinski definition) is 1. The van der Waals surface area contributed by atoms with E-state index in [1.807, 2.05) is 47.1 Å². The van der Waals surface area contributed by atoms with E-state index in [9.17, 15) is 4.79 Å². The van der Waals surface area contributed by atoms with Gasteiger partial charge in [-0.3, -0.25) is 15.2 Å². The molecule has 1 saturated carbocycles. The van der Waals surface area contributed by atoms with Crippen molar-refractivity contribution in [2.24, 2.45) is 7.05 Å². The Morgan fingerprint density at radius 2 is 2.03 bits per heavy atom. The minimum Gasteiger partial charge on any atom is -0.497 e. The van der Waals surface area contributed by atoms with Crippen LogP contribution in [0.5, 0.6) is 5.75 Å². The summed E-state index contributed by atoms with van der Waals surface area (Å²) in [5.41, 5.74) is 5.62. The molecule has 1 aromatic carbocycles. The van der Waals surface area contributed by atoms with Crippen molar-refractivity contribution >= 4 is 5.91 Å². The Kier molecular flexibility index (Phi) is 4.46. The number of hydrogen-bond acceptors (Lipinski definition) is 4. The molecule has 1 amide bonds. The molecule has 3 aromatic rings. The van der Waals surface area contributed by atoms with Gasteiger partial charge in [-0.05, 0) is 47.6 Å². The van der Waals surface area contributed by atoms with Gasteiger partial charge >= 0.3 is 0 Å². The number of nitrogens with one attached hydrogen (secondary N) is 1. The smallest absolute Gasteiger partial charge is 0.254 e. The average molecular weight is 403 g/mol. The van der Waals surface area contributed by atoms with Gasteiger partial charge in [-0.1, -0.05) is 6.07 Å². The fourth-order valence-corrected chi connectivity index (χ4v) is 4.25. The van der Waals surface area contributed by atoms with Crippen LogP contribution < -0.4 is 10.4 Å². The number of amides is 1. The van der Waals surface area contributed by atoms with Crippen molar-refractivity contribution in [1.29, 1.82) is 5.41 Å². The van der Waals surface area contributed by atoms with Crippen LogP contribution in [0.15, 0.2) is 42.9 Å². The topological polar surface area (TPSA) is 76.1 Å².